The molecule has 7 heteroatoms. The number of nitrogens with one attached hydrogen (secondary N) is 1. The van der Waals surface area contributed by atoms with E-state index in [0.717, 1.165) is 5.69 Å². The summed E-state index contributed by atoms with van der Waals surface area (Å²) < 4.78 is 5.44. The number of hydrogen-bond acceptors (Lipinski definition) is 6. The van der Waals surface area contributed by atoms with Gasteiger partial charge in [0, 0.05) is 19.8 Å². The van der Waals surface area contributed by atoms with Gasteiger partial charge in [-0.15, -0.1) is 10.2 Å². The van der Waals surface area contributed by atoms with Gasteiger partial charge in [0.25, 0.3) is 0 Å². The molecular formula is C12H11N5O2. The minimum Gasteiger partial charge on any atom is -0.463 e. The van der Waals surface area contributed by atoms with Crippen LogP contribution in [0.4, 0.5) is 5.69 Å². The molecular weight excluding hydrogens is 246 g/mol. The number of benzene rings is 1. The molecule has 0 bridgehead atoms. The molecule has 0 aliphatic heterocycles. The summed E-state index contributed by atoms with van der Waals surface area (Å²) in [4.78, 5) is 14.3. The maximum Gasteiger partial charge on any atom is 0.211 e. The van der Waals surface area contributed by atoms with Gasteiger partial charge in [-0.1, -0.05) is 0 Å². The molecule has 0 fully saturated rings. The number of tetrazole rings is 1. The van der Waals surface area contributed by atoms with Gasteiger partial charge < -0.3 is 9.32 Å². The largest absolute Gasteiger partial charge is 0.463 e. The van der Waals surface area contributed by atoms with Crippen LogP contribution in [0.25, 0.3) is 22.4 Å². The highest BCUT2D eigenvalue weighted by molar-refractivity contribution is 5.83. The van der Waals surface area contributed by atoms with Crippen molar-refractivity contribution in [1.82, 2.24) is 20.6 Å². The molecule has 0 atom stereocenters. The third-order valence-corrected chi connectivity index (χ3v) is 2.86. The van der Waals surface area contributed by atoms with E-state index < -0.39 is 0 Å². The molecule has 0 unspecified atom stereocenters. The van der Waals surface area contributed by atoms with Crippen LogP contribution in [-0.2, 0) is 0 Å². The van der Waals surface area contributed by atoms with E-state index in [1.54, 1.807) is 12.1 Å². The van der Waals surface area contributed by atoms with E-state index in [0.29, 0.717) is 11.0 Å². The molecule has 0 amide bonds. The summed E-state index contributed by atoms with van der Waals surface area (Å²) in [6.45, 7) is 0. The number of aromatic amines is 1. The Morgan fingerprint density at radius 1 is 1.32 bits per heavy atom. The first-order valence-corrected chi connectivity index (χ1v) is 5.63. The van der Waals surface area contributed by atoms with Crippen LogP contribution in [-0.4, -0.2) is 34.7 Å². The topological polar surface area (TPSA) is 87.9 Å². The van der Waals surface area contributed by atoms with Gasteiger partial charge in [-0.3, -0.25) is 4.79 Å². The smallest absolute Gasteiger partial charge is 0.211 e. The summed E-state index contributed by atoms with van der Waals surface area (Å²) in [7, 11) is 3.82. The van der Waals surface area contributed by atoms with Crippen LogP contribution in [0.2, 0.25) is 0 Å². The van der Waals surface area contributed by atoms with Crippen molar-refractivity contribution < 1.29 is 4.42 Å². The number of anilines is 1. The molecule has 7 nitrogen and oxygen atoms in total. The molecule has 3 aromatic rings. The second-order valence-electron chi connectivity index (χ2n) is 4.29. The number of nitrogens with zero attached hydrogens (tertiary/aromatic N) is 4. The van der Waals surface area contributed by atoms with Crippen LogP contribution in [0.15, 0.2) is 33.7 Å². The molecule has 0 aliphatic rings. The van der Waals surface area contributed by atoms with E-state index in [9.17, 15) is 4.79 Å². The molecule has 0 spiro atoms. The van der Waals surface area contributed by atoms with Crippen LogP contribution in [0.1, 0.15) is 0 Å². The van der Waals surface area contributed by atoms with Crippen molar-refractivity contribution in [3.05, 3.63) is 34.7 Å². The summed E-state index contributed by atoms with van der Waals surface area (Å²) in [6.07, 6.45) is 1.35. The van der Waals surface area contributed by atoms with Gasteiger partial charge in [-0.05, 0) is 23.4 Å². The van der Waals surface area contributed by atoms with Crippen molar-refractivity contribution in [2.45, 2.75) is 0 Å². The number of aromatic nitrogens is 4. The Hall–Kier alpha value is -2.70. The van der Waals surface area contributed by atoms with Crippen molar-refractivity contribution in [3.63, 3.8) is 0 Å². The lowest BCUT2D eigenvalue weighted by Gasteiger charge is -2.12. The maximum absolute atomic E-state index is 12.4. The molecule has 19 heavy (non-hydrogen) atoms. The quantitative estimate of drug-likeness (QED) is 0.738. The van der Waals surface area contributed by atoms with E-state index >= 15 is 0 Å². The molecule has 2 aromatic heterocycles. The summed E-state index contributed by atoms with van der Waals surface area (Å²) in [5.74, 6) is 0.228. The number of rotatable bonds is 2. The first-order chi connectivity index (χ1) is 9.16. The average Bonchev–Trinajstić information content (AvgIpc) is 2.92. The van der Waals surface area contributed by atoms with Gasteiger partial charge in [-0.2, -0.15) is 5.21 Å². The van der Waals surface area contributed by atoms with Crippen molar-refractivity contribution in [2.24, 2.45) is 0 Å². The Balaban J connectivity index is 2.28. The fourth-order valence-corrected chi connectivity index (χ4v) is 1.83. The third-order valence-electron chi connectivity index (χ3n) is 2.86. The fraction of sp³-hybridized carbons (Fsp3) is 0.167. The van der Waals surface area contributed by atoms with Gasteiger partial charge in [0.05, 0.1) is 5.39 Å². The minimum absolute atomic E-state index is 0.175. The Morgan fingerprint density at radius 3 is 2.84 bits per heavy atom. The summed E-state index contributed by atoms with van der Waals surface area (Å²) in [5.41, 5.74) is 1.57. The summed E-state index contributed by atoms with van der Waals surface area (Å²) >= 11 is 0. The molecule has 1 aromatic carbocycles. The van der Waals surface area contributed by atoms with Gasteiger partial charge >= 0.3 is 0 Å². The molecule has 0 radical (unpaired) electrons. The van der Waals surface area contributed by atoms with E-state index in [2.05, 4.69) is 20.6 Å². The lowest BCUT2D eigenvalue weighted by atomic mass is 10.1. The lowest BCUT2D eigenvalue weighted by molar-refractivity contribution is 0.604. The lowest BCUT2D eigenvalue weighted by Crippen LogP contribution is -2.10. The van der Waals surface area contributed by atoms with Crippen LogP contribution < -0.4 is 10.3 Å². The van der Waals surface area contributed by atoms with Crippen molar-refractivity contribution >= 4 is 16.7 Å². The molecule has 0 aliphatic carbocycles. The molecule has 96 valence electrons. The van der Waals surface area contributed by atoms with Crippen LogP contribution in [0, 0.1) is 0 Å². The van der Waals surface area contributed by atoms with Gasteiger partial charge in [0.1, 0.15) is 17.4 Å². The monoisotopic (exact) mass is 257 g/mol. The highest BCUT2D eigenvalue weighted by Crippen LogP contribution is 2.20. The Bertz CT molecular complexity index is 776. The van der Waals surface area contributed by atoms with E-state index in [-0.39, 0.29) is 16.8 Å². The number of fused-ring (bicyclic) bond motifs is 1. The molecule has 0 saturated heterocycles. The van der Waals surface area contributed by atoms with Crippen molar-refractivity contribution in [3.8, 4) is 11.4 Å². The predicted octanol–water partition coefficient (Wildman–Crippen LogP) is 1.04. The second-order valence-corrected chi connectivity index (χ2v) is 4.29. The maximum atomic E-state index is 12.4. The SMILES string of the molecule is CN(C)c1ccc2occ(-c3nn[nH]n3)c(=O)c2c1. The minimum atomic E-state index is -0.175. The molecule has 1 N–H and O–H groups in total. The van der Waals surface area contributed by atoms with Gasteiger partial charge in [0.15, 0.2) is 0 Å². The van der Waals surface area contributed by atoms with Crippen LogP contribution >= 0.6 is 0 Å². The molecule has 3 rings (SSSR count). The normalized spacial score (nSPS) is 10.8. The highest BCUT2D eigenvalue weighted by Gasteiger charge is 2.13. The van der Waals surface area contributed by atoms with Crippen molar-refractivity contribution in [2.75, 3.05) is 19.0 Å². The first-order valence-electron chi connectivity index (χ1n) is 5.63. The van der Waals surface area contributed by atoms with Crippen molar-refractivity contribution in [1.29, 1.82) is 0 Å². The predicted molar refractivity (Wildman–Crippen MR) is 70.0 cm³/mol. The summed E-state index contributed by atoms with van der Waals surface area (Å²) in [5, 5.41) is 13.8. The zero-order valence-corrected chi connectivity index (χ0v) is 10.4. The van der Waals surface area contributed by atoms with Crippen LogP contribution in [0.5, 0.6) is 0 Å². The molecule has 2 heterocycles. The third kappa shape index (κ3) is 1.85. The number of hydrogen-bond donors (Lipinski definition) is 1. The Labute approximate surface area is 107 Å². The van der Waals surface area contributed by atoms with E-state index in [1.165, 1.54) is 6.26 Å². The zero-order valence-electron chi connectivity index (χ0n) is 10.4. The second kappa shape index (κ2) is 4.20. The van der Waals surface area contributed by atoms with Gasteiger partial charge in [0.2, 0.25) is 11.3 Å². The first kappa shape index (κ1) is 11.4. The Kier molecular flexibility index (Phi) is 2.52. The van der Waals surface area contributed by atoms with E-state index in [1.807, 2.05) is 25.1 Å². The summed E-state index contributed by atoms with van der Waals surface area (Å²) in [6, 6.07) is 5.44. The fourth-order valence-electron chi connectivity index (χ4n) is 1.83. The highest BCUT2D eigenvalue weighted by atomic mass is 16.3. The Morgan fingerprint density at radius 2 is 2.16 bits per heavy atom. The van der Waals surface area contributed by atoms with E-state index in [4.69, 9.17) is 4.42 Å². The molecule has 0 saturated carbocycles. The average molecular weight is 257 g/mol. The number of H-pyrrole nitrogens is 1. The zero-order chi connectivity index (χ0) is 13.4. The van der Waals surface area contributed by atoms with Gasteiger partial charge in [-0.25, -0.2) is 0 Å². The van der Waals surface area contributed by atoms with Crippen LogP contribution in [0.3, 0.4) is 0 Å². The standard InChI is InChI=1S/C12H11N5O2/c1-17(2)7-3-4-10-8(5-7)11(18)9(6-19-10)12-13-15-16-14-12/h3-6H,1-2H3,(H,13,14,15,16).